The number of unbranched alkanes of at least 4 members (excludes halogenated alkanes) is 2. The van der Waals surface area contributed by atoms with Gasteiger partial charge in [0.15, 0.2) is 0 Å². The lowest BCUT2D eigenvalue weighted by Crippen LogP contribution is -2.21. The number of esters is 1. The maximum Gasteiger partial charge on any atom is 0.305 e. The Hall–Kier alpha value is -1.13. The summed E-state index contributed by atoms with van der Waals surface area (Å²) < 4.78 is 4.93. The molecule has 1 rings (SSSR count). The molecule has 0 aromatic carbocycles. The second-order valence-corrected chi connectivity index (χ2v) is 5.91. The molecule has 0 saturated heterocycles. The Labute approximate surface area is 133 Å². The zero-order chi connectivity index (χ0) is 16.4. The number of aliphatic hydroxyl groups excluding tert-OH is 2. The summed E-state index contributed by atoms with van der Waals surface area (Å²) in [4.78, 5) is 11.4. The molecule has 0 saturated carbocycles. The summed E-state index contributed by atoms with van der Waals surface area (Å²) in [5.41, 5.74) is 0. The number of carbonyl (C=O) groups is 1. The highest BCUT2D eigenvalue weighted by molar-refractivity contribution is 5.69. The number of rotatable bonds is 10. The van der Waals surface area contributed by atoms with E-state index in [9.17, 15) is 15.0 Å². The van der Waals surface area contributed by atoms with Crippen molar-refractivity contribution >= 4 is 5.97 Å². The first-order valence-corrected chi connectivity index (χ1v) is 8.46. The molecule has 2 N–H and O–H groups in total. The quantitative estimate of drug-likeness (QED) is 0.370. The molecule has 0 spiro atoms. The average Bonchev–Trinajstić information content (AvgIpc) is 2.84. The second-order valence-electron chi connectivity index (χ2n) is 5.91. The van der Waals surface area contributed by atoms with Gasteiger partial charge in [0.05, 0.1) is 18.8 Å². The van der Waals surface area contributed by atoms with E-state index in [1.807, 2.05) is 18.2 Å². The highest BCUT2D eigenvalue weighted by Crippen LogP contribution is 2.31. The third-order valence-electron chi connectivity index (χ3n) is 4.11. The van der Waals surface area contributed by atoms with Crippen LogP contribution < -0.4 is 0 Å². The van der Waals surface area contributed by atoms with E-state index in [1.54, 1.807) is 13.0 Å². The SMILES string of the molecule is CCCCCC(O)/C=C/[C@H]1C=C[C@@H](O)[C@H]1CCC(=O)OCC. The van der Waals surface area contributed by atoms with Gasteiger partial charge < -0.3 is 14.9 Å². The van der Waals surface area contributed by atoms with Crippen LogP contribution in [0.3, 0.4) is 0 Å². The fourth-order valence-electron chi connectivity index (χ4n) is 2.80. The highest BCUT2D eigenvalue weighted by atomic mass is 16.5. The van der Waals surface area contributed by atoms with Gasteiger partial charge in [-0.05, 0) is 25.7 Å². The van der Waals surface area contributed by atoms with Gasteiger partial charge in [-0.25, -0.2) is 0 Å². The molecule has 22 heavy (non-hydrogen) atoms. The lowest BCUT2D eigenvalue weighted by atomic mass is 9.88. The molecule has 0 aliphatic heterocycles. The number of hydrogen-bond acceptors (Lipinski definition) is 4. The van der Waals surface area contributed by atoms with Gasteiger partial charge in [0.1, 0.15) is 0 Å². The number of aliphatic hydroxyl groups is 2. The Morgan fingerprint density at radius 1 is 1.32 bits per heavy atom. The predicted octanol–water partition coefficient (Wildman–Crippen LogP) is 2.99. The third kappa shape index (κ3) is 6.75. The molecular weight excluding hydrogens is 280 g/mol. The first kappa shape index (κ1) is 18.9. The van der Waals surface area contributed by atoms with Crippen molar-refractivity contribution in [1.82, 2.24) is 0 Å². The molecule has 0 radical (unpaired) electrons. The van der Waals surface area contributed by atoms with Crippen molar-refractivity contribution in [1.29, 1.82) is 0 Å². The molecule has 0 aromatic heterocycles. The average molecular weight is 310 g/mol. The van der Waals surface area contributed by atoms with Crippen LogP contribution in [-0.4, -0.2) is 35.0 Å². The molecule has 0 aromatic rings. The minimum Gasteiger partial charge on any atom is -0.466 e. The van der Waals surface area contributed by atoms with E-state index in [-0.39, 0.29) is 17.8 Å². The Morgan fingerprint density at radius 2 is 2.09 bits per heavy atom. The zero-order valence-corrected chi connectivity index (χ0v) is 13.8. The van der Waals surface area contributed by atoms with Crippen LogP contribution in [0.25, 0.3) is 0 Å². The molecule has 1 aliphatic carbocycles. The summed E-state index contributed by atoms with van der Waals surface area (Å²) in [5.74, 6) is -0.155. The summed E-state index contributed by atoms with van der Waals surface area (Å²) >= 11 is 0. The van der Waals surface area contributed by atoms with Crippen LogP contribution in [0.15, 0.2) is 24.3 Å². The Morgan fingerprint density at radius 3 is 2.77 bits per heavy atom. The van der Waals surface area contributed by atoms with Gasteiger partial charge in [-0.3, -0.25) is 4.79 Å². The van der Waals surface area contributed by atoms with Crippen molar-refractivity contribution in [2.75, 3.05) is 6.61 Å². The van der Waals surface area contributed by atoms with Crippen molar-refractivity contribution in [3.05, 3.63) is 24.3 Å². The van der Waals surface area contributed by atoms with Gasteiger partial charge in [0.2, 0.25) is 0 Å². The van der Waals surface area contributed by atoms with Crippen molar-refractivity contribution in [2.45, 2.75) is 64.6 Å². The maximum absolute atomic E-state index is 11.4. The van der Waals surface area contributed by atoms with Crippen LogP contribution in [0.1, 0.15) is 52.4 Å². The van der Waals surface area contributed by atoms with Crippen molar-refractivity contribution in [3.63, 3.8) is 0 Å². The van der Waals surface area contributed by atoms with E-state index >= 15 is 0 Å². The number of hydrogen-bond donors (Lipinski definition) is 2. The molecule has 1 unspecified atom stereocenters. The van der Waals surface area contributed by atoms with E-state index in [2.05, 4.69) is 6.92 Å². The van der Waals surface area contributed by atoms with Crippen LogP contribution in [0.2, 0.25) is 0 Å². The molecular formula is C18H30O4. The summed E-state index contributed by atoms with van der Waals surface area (Å²) in [6.07, 6.45) is 11.5. The van der Waals surface area contributed by atoms with Gasteiger partial charge in [0, 0.05) is 12.3 Å². The minimum absolute atomic E-state index is 0.0107. The predicted molar refractivity (Wildman–Crippen MR) is 87.3 cm³/mol. The van der Waals surface area contributed by atoms with E-state index in [0.29, 0.717) is 19.4 Å². The molecule has 126 valence electrons. The van der Waals surface area contributed by atoms with E-state index < -0.39 is 12.2 Å². The molecule has 4 nitrogen and oxygen atoms in total. The van der Waals surface area contributed by atoms with Crippen molar-refractivity contribution < 1.29 is 19.7 Å². The highest BCUT2D eigenvalue weighted by Gasteiger charge is 2.29. The van der Waals surface area contributed by atoms with E-state index in [4.69, 9.17) is 4.74 Å². The Bertz CT molecular complexity index is 375. The summed E-state index contributed by atoms with van der Waals surface area (Å²) in [6, 6.07) is 0. The van der Waals surface area contributed by atoms with Crippen LogP contribution in [-0.2, 0) is 9.53 Å². The van der Waals surface area contributed by atoms with Gasteiger partial charge in [-0.15, -0.1) is 0 Å². The lowest BCUT2D eigenvalue weighted by Gasteiger charge is -2.20. The number of carbonyl (C=O) groups excluding carboxylic acids is 1. The maximum atomic E-state index is 11.4. The lowest BCUT2D eigenvalue weighted by molar-refractivity contribution is -0.143. The third-order valence-corrected chi connectivity index (χ3v) is 4.11. The standard InChI is InChI=1S/C18H30O4/c1-3-5-6-7-15(19)10-8-14-9-12-17(20)16(14)11-13-18(21)22-4-2/h8-10,12,14-17,19-20H,3-7,11,13H2,1-2H3/b10-8+/t14-,15?,16-,17+/m0/s1. The van der Waals surface area contributed by atoms with Crippen LogP contribution >= 0.6 is 0 Å². The first-order chi connectivity index (χ1) is 10.6. The first-order valence-electron chi connectivity index (χ1n) is 8.46. The van der Waals surface area contributed by atoms with Crippen LogP contribution in [0, 0.1) is 11.8 Å². The van der Waals surface area contributed by atoms with Gasteiger partial charge in [-0.2, -0.15) is 0 Å². The largest absolute Gasteiger partial charge is 0.466 e. The second kappa shape index (κ2) is 10.6. The van der Waals surface area contributed by atoms with Crippen molar-refractivity contribution in [3.8, 4) is 0 Å². The Balaban J connectivity index is 2.43. The topological polar surface area (TPSA) is 66.8 Å². The molecule has 0 fully saturated rings. The Kier molecular flexibility index (Phi) is 9.09. The molecule has 0 bridgehead atoms. The summed E-state index contributed by atoms with van der Waals surface area (Å²) in [6.45, 7) is 4.31. The van der Waals surface area contributed by atoms with E-state index in [0.717, 1.165) is 25.7 Å². The van der Waals surface area contributed by atoms with Crippen LogP contribution in [0.4, 0.5) is 0 Å². The van der Waals surface area contributed by atoms with Crippen LogP contribution in [0.5, 0.6) is 0 Å². The fourth-order valence-corrected chi connectivity index (χ4v) is 2.80. The molecule has 1 aliphatic rings. The normalized spacial score (nSPS) is 25.7. The molecule has 4 atom stereocenters. The molecule has 0 heterocycles. The smallest absolute Gasteiger partial charge is 0.305 e. The number of allylic oxidation sites excluding steroid dienone is 2. The van der Waals surface area contributed by atoms with Crippen molar-refractivity contribution in [2.24, 2.45) is 11.8 Å². The van der Waals surface area contributed by atoms with Gasteiger partial charge >= 0.3 is 5.97 Å². The van der Waals surface area contributed by atoms with Gasteiger partial charge in [0.25, 0.3) is 0 Å². The monoisotopic (exact) mass is 310 g/mol. The van der Waals surface area contributed by atoms with E-state index in [1.165, 1.54) is 0 Å². The molecule has 0 amide bonds. The van der Waals surface area contributed by atoms with Gasteiger partial charge in [-0.1, -0.05) is 50.5 Å². The summed E-state index contributed by atoms with van der Waals surface area (Å²) in [7, 11) is 0. The minimum atomic E-state index is -0.527. The fraction of sp³-hybridized carbons (Fsp3) is 0.722. The number of ether oxygens (including phenoxy) is 1. The zero-order valence-electron chi connectivity index (χ0n) is 13.8. The molecule has 4 heteroatoms. The summed E-state index contributed by atoms with van der Waals surface area (Å²) in [5, 5.41) is 19.9.